The molecule has 30 heavy (non-hydrogen) atoms. The zero-order chi connectivity index (χ0) is 20.9. The van der Waals surface area contributed by atoms with E-state index in [0.717, 1.165) is 35.1 Å². The van der Waals surface area contributed by atoms with E-state index < -0.39 is 0 Å². The lowest BCUT2D eigenvalue weighted by Crippen LogP contribution is -2.31. The van der Waals surface area contributed by atoms with Crippen LogP contribution in [0.25, 0.3) is 11.0 Å². The summed E-state index contributed by atoms with van der Waals surface area (Å²) in [4.78, 5) is 23.7. The van der Waals surface area contributed by atoms with Gasteiger partial charge in [-0.3, -0.25) is 4.79 Å². The minimum atomic E-state index is -0.196. The number of hydrogen-bond acceptors (Lipinski definition) is 7. The zero-order valence-corrected chi connectivity index (χ0v) is 18.2. The summed E-state index contributed by atoms with van der Waals surface area (Å²) in [5.74, 6) is 1.36. The maximum absolute atomic E-state index is 12.1. The van der Waals surface area contributed by atoms with Gasteiger partial charge in [-0.25, -0.2) is 14.6 Å². The molecule has 8 nitrogen and oxygen atoms in total. The Labute approximate surface area is 184 Å². The van der Waals surface area contributed by atoms with Gasteiger partial charge in [-0.05, 0) is 43.4 Å². The summed E-state index contributed by atoms with van der Waals surface area (Å²) in [6.07, 6.45) is 6.14. The predicted molar refractivity (Wildman–Crippen MR) is 119 cm³/mol. The molecule has 1 saturated heterocycles. The molecular weight excluding hydrogens is 424 g/mol. The van der Waals surface area contributed by atoms with Crippen molar-refractivity contribution in [3.63, 3.8) is 0 Å². The molecule has 0 bridgehead atoms. The van der Waals surface area contributed by atoms with Gasteiger partial charge >= 0.3 is 0 Å². The first kappa shape index (κ1) is 20.7. The number of nitrogens with zero attached hydrogens (tertiary/aromatic N) is 5. The molecule has 4 rings (SSSR count). The van der Waals surface area contributed by atoms with Gasteiger partial charge in [-0.1, -0.05) is 23.4 Å². The quantitative estimate of drug-likeness (QED) is 0.420. The maximum atomic E-state index is 12.1. The van der Waals surface area contributed by atoms with Gasteiger partial charge in [0.15, 0.2) is 17.4 Å². The number of amides is 1. The Balaban J connectivity index is 1.37. The van der Waals surface area contributed by atoms with Crippen LogP contribution in [0.4, 0.5) is 5.82 Å². The molecule has 0 aliphatic carbocycles. The Hall–Kier alpha value is -2.52. The van der Waals surface area contributed by atoms with E-state index >= 15 is 0 Å². The van der Waals surface area contributed by atoms with E-state index in [1.165, 1.54) is 24.6 Å². The number of rotatable bonds is 8. The van der Waals surface area contributed by atoms with Crippen molar-refractivity contribution in [2.45, 2.75) is 24.5 Å². The lowest BCUT2D eigenvalue weighted by molar-refractivity contribution is -0.123. The number of carbonyl (C=O) groups excluding carboxylic acids is 1. The van der Waals surface area contributed by atoms with Crippen LogP contribution in [0.1, 0.15) is 12.8 Å². The average molecular weight is 447 g/mol. The van der Waals surface area contributed by atoms with Crippen LogP contribution in [-0.2, 0) is 11.3 Å². The SMILES string of the molecule is CSc1nc(N2CCCC2)c2cnn(CCNC(=O)COc3ccc(Cl)cc3)c2n1. The van der Waals surface area contributed by atoms with Gasteiger partial charge in [0.2, 0.25) is 0 Å². The van der Waals surface area contributed by atoms with E-state index in [0.29, 0.717) is 23.9 Å². The highest BCUT2D eigenvalue weighted by molar-refractivity contribution is 7.98. The number of carbonyl (C=O) groups is 1. The van der Waals surface area contributed by atoms with Crippen LogP contribution in [0.2, 0.25) is 5.02 Å². The fraction of sp³-hybridized carbons (Fsp3) is 0.400. The van der Waals surface area contributed by atoms with Crippen LogP contribution in [-0.4, -0.2) is 58.2 Å². The van der Waals surface area contributed by atoms with Crippen LogP contribution < -0.4 is 15.0 Å². The topological polar surface area (TPSA) is 85.2 Å². The smallest absolute Gasteiger partial charge is 0.258 e. The monoisotopic (exact) mass is 446 g/mol. The van der Waals surface area contributed by atoms with Gasteiger partial charge in [0.05, 0.1) is 18.1 Å². The maximum Gasteiger partial charge on any atom is 0.258 e. The van der Waals surface area contributed by atoms with Gasteiger partial charge in [0, 0.05) is 24.7 Å². The fourth-order valence-corrected chi connectivity index (χ4v) is 3.86. The molecule has 0 spiro atoms. The summed E-state index contributed by atoms with van der Waals surface area (Å²) in [6.45, 7) is 2.90. The summed E-state index contributed by atoms with van der Waals surface area (Å²) in [7, 11) is 0. The summed E-state index contributed by atoms with van der Waals surface area (Å²) >= 11 is 7.36. The Morgan fingerprint density at radius 1 is 1.23 bits per heavy atom. The summed E-state index contributed by atoms with van der Waals surface area (Å²) < 4.78 is 7.28. The number of ether oxygens (including phenoxy) is 1. The van der Waals surface area contributed by atoms with E-state index in [-0.39, 0.29) is 12.5 Å². The Morgan fingerprint density at radius 2 is 2.00 bits per heavy atom. The van der Waals surface area contributed by atoms with Gasteiger partial charge in [-0.2, -0.15) is 5.10 Å². The van der Waals surface area contributed by atoms with Crippen LogP contribution in [0.15, 0.2) is 35.6 Å². The van der Waals surface area contributed by atoms with Crippen molar-refractivity contribution in [2.75, 3.05) is 37.4 Å². The minimum Gasteiger partial charge on any atom is -0.484 e. The first-order valence-electron chi connectivity index (χ1n) is 9.81. The molecule has 158 valence electrons. The molecule has 1 amide bonds. The highest BCUT2D eigenvalue weighted by Gasteiger charge is 2.20. The fourth-order valence-electron chi connectivity index (χ4n) is 3.38. The van der Waals surface area contributed by atoms with Crippen molar-refractivity contribution >= 4 is 46.1 Å². The second-order valence-electron chi connectivity index (χ2n) is 6.93. The van der Waals surface area contributed by atoms with Gasteiger partial charge in [0.25, 0.3) is 5.91 Å². The second kappa shape index (κ2) is 9.53. The lowest BCUT2D eigenvalue weighted by Gasteiger charge is -2.17. The number of thioether (sulfide) groups is 1. The van der Waals surface area contributed by atoms with Crippen molar-refractivity contribution in [2.24, 2.45) is 0 Å². The zero-order valence-electron chi connectivity index (χ0n) is 16.7. The summed E-state index contributed by atoms with van der Waals surface area (Å²) in [6, 6.07) is 6.90. The molecule has 1 fully saturated rings. The summed E-state index contributed by atoms with van der Waals surface area (Å²) in [5, 5.41) is 9.64. The van der Waals surface area contributed by atoms with Gasteiger partial charge in [0.1, 0.15) is 11.6 Å². The molecule has 0 unspecified atom stereocenters. The third-order valence-corrected chi connectivity index (χ3v) is 5.67. The Kier molecular flexibility index (Phi) is 6.59. The standard InChI is InChI=1S/C20H23ClN6O2S/c1-30-20-24-18(26-9-2-3-10-26)16-12-23-27(19(16)25-20)11-8-22-17(28)13-29-15-6-4-14(21)5-7-15/h4-7,12H,2-3,8-11,13H2,1H3,(H,22,28). The molecule has 1 aliphatic rings. The first-order chi connectivity index (χ1) is 14.6. The van der Waals surface area contributed by atoms with Crippen LogP contribution in [0, 0.1) is 0 Å². The Bertz CT molecular complexity index is 1020. The third kappa shape index (κ3) is 4.79. The van der Waals surface area contributed by atoms with Crippen molar-refractivity contribution in [1.29, 1.82) is 0 Å². The minimum absolute atomic E-state index is 0.0562. The Morgan fingerprint density at radius 3 is 2.73 bits per heavy atom. The highest BCUT2D eigenvalue weighted by atomic mass is 35.5. The number of nitrogens with one attached hydrogen (secondary N) is 1. The molecule has 10 heteroatoms. The van der Waals surface area contributed by atoms with Crippen molar-refractivity contribution < 1.29 is 9.53 Å². The molecule has 0 radical (unpaired) electrons. The molecule has 3 heterocycles. The molecule has 1 N–H and O–H groups in total. The van der Waals surface area contributed by atoms with Crippen molar-refractivity contribution in [3.8, 4) is 5.75 Å². The van der Waals surface area contributed by atoms with E-state index in [4.69, 9.17) is 21.3 Å². The van der Waals surface area contributed by atoms with Crippen LogP contribution >= 0.6 is 23.4 Å². The molecule has 1 aromatic carbocycles. The van der Waals surface area contributed by atoms with Crippen molar-refractivity contribution in [3.05, 3.63) is 35.5 Å². The molecule has 3 aromatic rings. The number of aromatic nitrogens is 4. The molecule has 1 aliphatic heterocycles. The van der Waals surface area contributed by atoms with Gasteiger partial charge < -0.3 is 15.0 Å². The molecule has 0 saturated carbocycles. The number of halogens is 1. The van der Waals surface area contributed by atoms with Crippen molar-refractivity contribution in [1.82, 2.24) is 25.1 Å². The highest BCUT2D eigenvalue weighted by Crippen LogP contribution is 2.28. The molecule has 2 aromatic heterocycles. The number of hydrogen-bond donors (Lipinski definition) is 1. The van der Waals surface area contributed by atoms with E-state index in [9.17, 15) is 4.79 Å². The first-order valence-corrected chi connectivity index (χ1v) is 11.4. The number of fused-ring (bicyclic) bond motifs is 1. The lowest BCUT2D eigenvalue weighted by atomic mass is 10.3. The van der Waals surface area contributed by atoms with E-state index in [1.807, 2.05) is 17.1 Å². The largest absolute Gasteiger partial charge is 0.484 e. The predicted octanol–water partition coefficient (Wildman–Crippen LogP) is 3.00. The van der Waals surface area contributed by atoms with Crippen LogP contribution in [0.3, 0.4) is 0 Å². The number of benzene rings is 1. The molecule has 0 atom stereocenters. The summed E-state index contributed by atoms with van der Waals surface area (Å²) in [5.41, 5.74) is 0.794. The average Bonchev–Trinajstić information content (AvgIpc) is 3.43. The van der Waals surface area contributed by atoms with E-state index in [1.54, 1.807) is 24.3 Å². The van der Waals surface area contributed by atoms with E-state index in [2.05, 4.69) is 20.3 Å². The number of anilines is 1. The normalized spacial score (nSPS) is 13.7. The van der Waals surface area contributed by atoms with Crippen LogP contribution in [0.5, 0.6) is 5.75 Å². The second-order valence-corrected chi connectivity index (χ2v) is 8.14. The molecular formula is C20H23ClN6O2S. The third-order valence-electron chi connectivity index (χ3n) is 4.87. The van der Waals surface area contributed by atoms with Gasteiger partial charge in [-0.15, -0.1) is 0 Å².